The second-order valence-corrected chi connectivity index (χ2v) is 3.48. The van der Waals surface area contributed by atoms with Gasteiger partial charge < -0.3 is 15.2 Å². The third kappa shape index (κ3) is 2.31. The Balaban J connectivity index is 0.00000162. The molecule has 0 aliphatic heterocycles. The second-order valence-electron chi connectivity index (χ2n) is 3.48. The normalized spacial score (nSPS) is 9.67. The Morgan fingerprint density at radius 3 is 2.28 bits per heavy atom. The van der Waals surface area contributed by atoms with Crippen molar-refractivity contribution in [1.29, 1.82) is 5.41 Å². The summed E-state index contributed by atoms with van der Waals surface area (Å²) in [5, 5.41) is 8.21. The molecule has 18 heavy (non-hydrogen) atoms. The van der Waals surface area contributed by atoms with Crippen molar-refractivity contribution in [1.82, 2.24) is 4.98 Å². The monoisotopic (exact) mass is 267 g/mol. The van der Waals surface area contributed by atoms with E-state index in [2.05, 4.69) is 4.98 Å². The summed E-state index contributed by atoms with van der Waals surface area (Å²) in [6, 6.07) is 7.10. The summed E-state index contributed by atoms with van der Waals surface area (Å²) in [6.07, 6.45) is 0. The maximum absolute atomic E-state index is 7.38. The summed E-state index contributed by atoms with van der Waals surface area (Å²) in [5.41, 5.74) is 6.47. The molecule has 0 fully saturated rings. The number of amidine groups is 1. The first-order valence-corrected chi connectivity index (χ1v) is 5.03. The van der Waals surface area contributed by atoms with Crippen molar-refractivity contribution in [2.75, 3.05) is 14.2 Å². The van der Waals surface area contributed by atoms with Gasteiger partial charge in [0.25, 0.3) is 0 Å². The van der Waals surface area contributed by atoms with Gasteiger partial charge >= 0.3 is 0 Å². The summed E-state index contributed by atoms with van der Waals surface area (Å²) in [6.45, 7) is 0. The molecule has 2 aromatic rings. The van der Waals surface area contributed by atoms with Crippen molar-refractivity contribution in [2.45, 2.75) is 0 Å². The number of nitrogens with two attached hydrogens (primary N) is 1. The highest BCUT2D eigenvalue weighted by Crippen LogP contribution is 2.31. The average Bonchev–Trinajstić information content (AvgIpc) is 2.36. The van der Waals surface area contributed by atoms with Gasteiger partial charge in [-0.25, -0.2) is 4.98 Å². The van der Waals surface area contributed by atoms with Crippen LogP contribution >= 0.6 is 12.4 Å². The largest absolute Gasteiger partial charge is 0.496 e. The van der Waals surface area contributed by atoms with Gasteiger partial charge in [-0.05, 0) is 24.3 Å². The Morgan fingerprint density at radius 1 is 1.11 bits per heavy atom. The van der Waals surface area contributed by atoms with Crippen LogP contribution in [0, 0.1) is 5.41 Å². The molecule has 1 heterocycles. The van der Waals surface area contributed by atoms with Crippen molar-refractivity contribution in [3.63, 3.8) is 0 Å². The van der Waals surface area contributed by atoms with Crippen molar-refractivity contribution >= 4 is 29.1 Å². The number of ether oxygens (including phenoxy) is 2. The maximum Gasteiger partial charge on any atom is 0.145 e. The van der Waals surface area contributed by atoms with E-state index in [1.54, 1.807) is 26.4 Å². The number of nitrogens with one attached hydrogen (secondary N) is 1. The number of halogens is 1. The van der Waals surface area contributed by atoms with E-state index < -0.39 is 0 Å². The number of benzene rings is 1. The number of fused-ring (bicyclic) bond motifs is 1. The van der Waals surface area contributed by atoms with Gasteiger partial charge in [0, 0.05) is 5.39 Å². The standard InChI is InChI=1S/C12H13N3O2.ClH/c1-16-9-5-6-10(17-2)11-7(9)3-4-8(15-11)12(13)14;/h3-6H,1-2H3,(H3,13,14);1H. The fourth-order valence-electron chi connectivity index (χ4n) is 1.66. The number of aromatic nitrogens is 1. The fraction of sp³-hybridized carbons (Fsp3) is 0.167. The predicted octanol–water partition coefficient (Wildman–Crippen LogP) is 1.96. The molecule has 96 valence electrons. The van der Waals surface area contributed by atoms with E-state index in [-0.39, 0.29) is 18.2 Å². The molecule has 1 aromatic heterocycles. The molecule has 0 bridgehead atoms. The Labute approximate surface area is 111 Å². The molecular weight excluding hydrogens is 254 g/mol. The Hall–Kier alpha value is -2.01. The van der Waals surface area contributed by atoms with Crippen molar-refractivity contribution < 1.29 is 9.47 Å². The Morgan fingerprint density at radius 2 is 1.72 bits per heavy atom. The summed E-state index contributed by atoms with van der Waals surface area (Å²) in [5.74, 6) is 1.27. The first-order chi connectivity index (χ1) is 8.17. The quantitative estimate of drug-likeness (QED) is 0.658. The molecular formula is C12H14ClN3O2. The number of methoxy groups -OCH3 is 2. The zero-order valence-electron chi connectivity index (χ0n) is 10.1. The summed E-state index contributed by atoms with van der Waals surface area (Å²) < 4.78 is 10.5. The topological polar surface area (TPSA) is 81.2 Å². The van der Waals surface area contributed by atoms with Gasteiger partial charge in [-0.15, -0.1) is 12.4 Å². The summed E-state index contributed by atoms with van der Waals surface area (Å²) in [7, 11) is 3.17. The number of nitrogens with zero attached hydrogens (tertiary/aromatic N) is 1. The molecule has 0 radical (unpaired) electrons. The van der Waals surface area contributed by atoms with Crippen LogP contribution in [0.1, 0.15) is 5.69 Å². The maximum atomic E-state index is 7.38. The molecule has 0 aliphatic rings. The number of rotatable bonds is 3. The van der Waals surface area contributed by atoms with Crippen molar-refractivity contribution in [2.24, 2.45) is 5.73 Å². The molecule has 0 amide bonds. The zero-order chi connectivity index (χ0) is 12.4. The van der Waals surface area contributed by atoms with Crippen LogP contribution in [-0.2, 0) is 0 Å². The molecule has 3 N–H and O–H groups in total. The smallest absolute Gasteiger partial charge is 0.145 e. The Bertz CT molecular complexity index is 587. The zero-order valence-corrected chi connectivity index (χ0v) is 10.9. The minimum atomic E-state index is -0.0724. The van der Waals surface area contributed by atoms with Gasteiger partial charge in [0.2, 0.25) is 0 Å². The lowest BCUT2D eigenvalue weighted by molar-refractivity contribution is 0.409. The van der Waals surface area contributed by atoms with Crippen LogP contribution in [0.15, 0.2) is 24.3 Å². The number of hydrogen-bond acceptors (Lipinski definition) is 4. The van der Waals surface area contributed by atoms with Crippen molar-refractivity contribution in [3.05, 3.63) is 30.0 Å². The minimum absolute atomic E-state index is 0. The first kappa shape index (κ1) is 14.1. The lowest BCUT2D eigenvalue weighted by atomic mass is 10.1. The SMILES string of the molecule is COc1ccc(OC)c2nc(C(=N)N)ccc12.Cl. The number of pyridine rings is 1. The van der Waals surface area contributed by atoms with Gasteiger partial charge in [0.15, 0.2) is 0 Å². The van der Waals surface area contributed by atoms with Gasteiger partial charge in [-0.1, -0.05) is 0 Å². The van der Waals surface area contributed by atoms with E-state index in [9.17, 15) is 0 Å². The molecule has 0 saturated carbocycles. The highest BCUT2D eigenvalue weighted by molar-refractivity contribution is 5.98. The summed E-state index contributed by atoms with van der Waals surface area (Å²) >= 11 is 0. The van der Waals surface area contributed by atoms with Crippen LogP contribution in [0.3, 0.4) is 0 Å². The molecule has 0 atom stereocenters. The average molecular weight is 268 g/mol. The third-order valence-corrected chi connectivity index (χ3v) is 2.50. The molecule has 0 saturated heterocycles. The van der Waals surface area contributed by atoms with E-state index >= 15 is 0 Å². The van der Waals surface area contributed by atoms with E-state index in [1.807, 2.05) is 12.1 Å². The van der Waals surface area contributed by atoms with Crippen LogP contribution in [-0.4, -0.2) is 25.0 Å². The van der Waals surface area contributed by atoms with Crippen LogP contribution in [0.4, 0.5) is 0 Å². The number of hydrogen-bond donors (Lipinski definition) is 2. The highest BCUT2D eigenvalue weighted by atomic mass is 35.5. The van der Waals surface area contributed by atoms with Gasteiger partial charge in [0.1, 0.15) is 28.5 Å². The minimum Gasteiger partial charge on any atom is -0.496 e. The van der Waals surface area contributed by atoms with Gasteiger partial charge in [-0.2, -0.15) is 0 Å². The van der Waals surface area contributed by atoms with Crippen LogP contribution in [0.2, 0.25) is 0 Å². The lowest BCUT2D eigenvalue weighted by Gasteiger charge is -2.09. The van der Waals surface area contributed by atoms with E-state index in [0.29, 0.717) is 22.7 Å². The molecule has 1 aromatic carbocycles. The predicted molar refractivity (Wildman–Crippen MR) is 73.1 cm³/mol. The second kappa shape index (κ2) is 5.55. The van der Waals surface area contributed by atoms with Crippen LogP contribution in [0.25, 0.3) is 10.9 Å². The summed E-state index contributed by atoms with van der Waals surface area (Å²) in [4.78, 5) is 4.30. The highest BCUT2D eigenvalue weighted by Gasteiger charge is 2.10. The molecule has 2 rings (SSSR count). The molecule has 0 spiro atoms. The van der Waals surface area contributed by atoms with Crippen molar-refractivity contribution in [3.8, 4) is 11.5 Å². The van der Waals surface area contributed by atoms with Gasteiger partial charge in [-0.3, -0.25) is 5.41 Å². The lowest BCUT2D eigenvalue weighted by Crippen LogP contribution is -2.13. The van der Waals surface area contributed by atoms with E-state index in [4.69, 9.17) is 20.6 Å². The molecule has 5 nitrogen and oxygen atoms in total. The molecule has 0 unspecified atom stereocenters. The van der Waals surface area contributed by atoms with Crippen LogP contribution in [0.5, 0.6) is 11.5 Å². The van der Waals surface area contributed by atoms with Gasteiger partial charge in [0.05, 0.1) is 14.2 Å². The van der Waals surface area contributed by atoms with Crippen LogP contribution < -0.4 is 15.2 Å². The molecule has 6 heteroatoms. The molecule has 0 aliphatic carbocycles. The fourth-order valence-corrected chi connectivity index (χ4v) is 1.66. The van der Waals surface area contributed by atoms with E-state index in [1.165, 1.54) is 0 Å². The first-order valence-electron chi connectivity index (χ1n) is 5.03. The van der Waals surface area contributed by atoms with E-state index in [0.717, 1.165) is 5.39 Å². The third-order valence-electron chi connectivity index (χ3n) is 2.50. The Kier molecular flexibility index (Phi) is 4.33. The number of nitrogen functional groups attached to an aromatic ring is 1.